The lowest BCUT2D eigenvalue weighted by Gasteiger charge is -2.58. The predicted octanol–water partition coefficient (Wildman–Crippen LogP) is 5.47. The van der Waals surface area contributed by atoms with Crippen molar-refractivity contribution in [1.82, 2.24) is 0 Å². The van der Waals surface area contributed by atoms with Gasteiger partial charge in [-0.2, -0.15) is 0 Å². The van der Waals surface area contributed by atoms with E-state index >= 15 is 0 Å². The molecule has 0 radical (unpaired) electrons. The fourth-order valence-electron chi connectivity index (χ4n) is 8.80. The number of aliphatic hydroxyl groups excluding tert-OH is 2. The number of rotatable bonds is 5. The molecule has 3 N–H and O–H groups in total. The summed E-state index contributed by atoms with van der Waals surface area (Å²) in [5.74, 6) is 2.41. The van der Waals surface area contributed by atoms with Crippen LogP contribution in [0.15, 0.2) is 11.6 Å². The molecule has 9 unspecified atom stereocenters. The van der Waals surface area contributed by atoms with Crippen LogP contribution in [0.1, 0.15) is 98.8 Å². The van der Waals surface area contributed by atoms with Gasteiger partial charge >= 0.3 is 0 Å². The average molecular weight is 419 g/mol. The zero-order valence-electron chi connectivity index (χ0n) is 20.0. The molecule has 4 aliphatic rings. The van der Waals surface area contributed by atoms with Gasteiger partial charge < -0.3 is 15.3 Å². The molecule has 0 bridgehead atoms. The standard InChI is InChI=1S/C27H46O3/c1-17(2)7-6-12-27(5,30)24-23(29)16-22-20-9-8-18-15-19(28)10-13-25(18,3)21(20)11-14-26(22,24)4/h8,17,19-24,28-30H,6-7,9-16H2,1-5H3. The van der Waals surface area contributed by atoms with Gasteiger partial charge in [0.15, 0.2) is 0 Å². The van der Waals surface area contributed by atoms with Crippen LogP contribution in [0.5, 0.6) is 0 Å². The topological polar surface area (TPSA) is 60.7 Å². The maximum atomic E-state index is 11.6. The predicted molar refractivity (Wildman–Crippen MR) is 122 cm³/mol. The van der Waals surface area contributed by atoms with Crippen molar-refractivity contribution in [3.8, 4) is 0 Å². The van der Waals surface area contributed by atoms with Crippen LogP contribution in [-0.4, -0.2) is 33.1 Å². The Morgan fingerprint density at radius 2 is 1.87 bits per heavy atom. The van der Waals surface area contributed by atoms with E-state index in [0.29, 0.717) is 23.7 Å². The Morgan fingerprint density at radius 3 is 2.57 bits per heavy atom. The van der Waals surface area contributed by atoms with Crippen molar-refractivity contribution in [3.05, 3.63) is 11.6 Å². The monoisotopic (exact) mass is 418 g/mol. The minimum Gasteiger partial charge on any atom is -0.393 e. The molecular weight excluding hydrogens is 372 g/mol. The van der Waals surface area contributed by atoms with Crippen LogP contribution in [0.25, 0.3) is 0 Å². The third-order valence-electron chi connectivity index (χ3n) is 10.2. The van der Waals surface area contributed by atoms with E-state index in [-0.39, 0.29) is 29.0 Å². The van der Waals surface area contributed by atoms with Crippen molar-refractivity contribution in [3.63, 3.8) is 0 Å². The first-order chi connectivity index (χ1) is 14.0. The zero-order chi connectivity index (χ0) is 21.9. The summed E-state index contributed by atoms with van der Waals surface area (Å²) in [5, 5.41) is 33.0. The van der Waals surface area contributed by atoms with Crippen molar-refractivity contribution in [1.29, 1.82) is 0 Å². The van der Waals surface area contributed by atoms with E-state index in [1.807, 2.05) is 6.92 Å². The molecule has 4 aliphatic carbocycles. The molecule has 30 heavy (non-hydrogen) atoms. The Morgan fingerprint density at radius 1 is 1.13 bits per heavy atom. The summed E-state index contributed by atoms with van der Waals surface area (Å²) in [5.41, 5.74) is 0.963. The minimum absolute atomic E-state index is 0.0190. The summed E-state index contributed by atoms with van der Waals surface area (Å²) in [4.78, 5) is 0. The lowest BCUT2D eigenvalue weighted by molar-refractivity contribution is -0.123. The average Bonchev–Trinajstić information content (AvgIpc) is 2.92. The second-order valence-electron chi connectivity index (χ2n) is 12.6. The molecule has 0 aliphatic heterocycles. The molecular formula is C27H46O3. The Labute approximate surface area is 184 Å². The van der Waals surface area contributed by atoms with E-state index in [0.717, 1.165) is 57.8 Å². The van der Waals surface area contributed by atoms with E-state index in [1.54, 1.807) is 0 Å². The summed E-state index contributed by atoms with van der Waals surface area (Å²) in [6.45, 7) is 11.3. The zero-order valence-corrected chi connectivity index (χ0v) is 20.0. The van der Waals surface area contributed by atoms with Gasteiger partial charge in [0.25, 0.3) is 0 Å². The van der Waals surface area contributed by atoms with Crippen LogP contribution < -0.4 is 0 Å². The lowest BCUT2D eigenvalue weighted by Crippen LogP contribution is -2.53. The fraction of sp³-hybridized carbons (Fsp3) is 0.926. The number of hydrogen-bond acceptors (Lipinski definition) is 3. The second kappa shape index (κ2) is 7.89. The molecule has 3 heteroatoms. The molecule has 4 rings (SSSR count). The van der Waals surface area contributed by atoms with E-state index < -0.39 is 5.60 Å². The van der Waals surface area contributed by atoms with Crippen LogP contribution in [0.3, 0.4) is 0 Å². The van der Waals surface area contributed by atoms with Gasteiger partial charge in [0.1, 0.15) is 0 Å². The van der Waals surface area contributed by atoms with Crippen molar-refractivity contribution < 1.29 is 15.3 Å². The van der Waals surface area contributed by atoms with Crippen LogP contribution in [0, 0.1) is 40.4 Å². The van der Waals surface area contributed by atoms with E-state index in [4.69, 9.17) is 0 Å². The number of aliphatic hydroxyl groups is 3. The normalized spacial score (nSPS) is 47.8. The van der Waals surface area contributed by atoms with E-state index in [2.05, 4.69) is 33.8 Å². The summed E-state index contributed by atoms with van der Waals surface area (Å²) < 4.78 is 0. The number of hydrogen-bond donors (Lipinski definition) is 3. The Hall–Kier alpha value is -0.380. The van der Waals surface area contributed by atoms with Crippen LogP contribution in [0.2, 0.25) is 0 Å². The maximum Gasteiger partial charge on any atom is 0.0677 e. The Balaban J connectivity index is 1.57. The van der Waals surface area contributed by atoms with Crippen molar-refractivity contribution in [2.75, 3.05) is 0 Å². The van der Waals surface area contributed by atoms with Gasteiger partial charge in [0, 0.05) is 5.92 Å². The SMILES string of the molecule is CC(C)CCCC(C)(O)C1C(O)CC2C3CC=C4CC(O)CCC4(C)C3CCC21C. The summed E-state index contributed by atoms with van der Waals surface area (Å²) >= 11 is 0. The quantitative estimate of drug-likeness (QED) is 0.519. The van der Waals surface area contributed by atoms with Crippen molar-refractivity contribution in [2.45, 2.75) is 117 Å². The van der Waals surface area contributed by atoms with Crippen LogP contribution in [-0.2, 0) is 0 Å². The molecule has 0 amide bonds. The smallest absolute Gasteiger partial charge is 0.0677 e. The Bertz CT molecular complexity index is 667. The third-order valence-corrected chi connectivity index (χ3v) is 10.2. The van der Waals surface area contributed by atoms with Gasteiger partial charge in [-0.15, -0.1) is 0 Å². The first-order valence-corrected chi connectivity index (χ1v) is 12.8. The highest BCUT2D eigenvalue weighted by molar-refractivity contribution is 5.26. The highest BCUT2D eigenvalue weighted by Gasteiger charge is 2.63. The molecule has 0 spiro atoms. The molecule has 3 nitrogen and oxygen atoms in total. The van der Waals surface area contributed by atoms with Gasteiger partial charge in [-0.1, -0.05) is 52.2 Å². The van der Waals surface area contributed by atoms with Gasteiger partial charge in [0.2, 0.25) is 0 Å². The largest absolute Gasteiger partial charge is 0.393 e. The van der Waals surface area contributed by atoms with Gasteiger partial charge in [-0.05, 0) is 92.8 Å². The molecule has 0 aromatic carbocycles. The lowest BCUT2D eigenvalue weighted by atomic mass is 9.46. The second-order valence-corrected chi connectivity index (χ2v) is 12.6. The van der Waals surface area contributed by atoms with E-state index in [9.17, 15) is 15.3 Å². The molecule has 3 fully saturated rings. The highest BCUT2D eigenvalue weighted by Crippen LogP contribution is 2.67. The van der Waals surface area contributed by atoms with Gasteiger partial charge in [-0.3, -0.25) is 0 Å². The number of fused-ring (bicyclic) bond motifs is 5. The molecule has 172 valence electrons. The van der Waals surface area contributed by atoms with E-state index in [1.165, 1.54) is 12.0 Å². The minimum atomic E-state index is -0.793. The molecule has 0 aromatic heterocycles. The molecule has 3 saturated carbocycles. The Kier molecular flexibility index (Phi) is 5.99. The highest BCUT2D eigenvalue weighted by atomic mass is 16.3. The van der Waals surface area contributed by atoms with Crippen molar-refractivity contribution in [2.24, 2.45) is 40.4 Å². The van der Waals surface area contributed by atoms with Crippen LogP contribution >= 0.6 is 0 Å². The number of allylic oxidation sites excluding steroid dienone is 1. The first kappa shape index (κ1) is 22.8. The summed E-state index contributed by atoms with van der Waals surface area (Å²) in [6.07, 6.45) is 12.0. The molecule has 0 saturated heterocycles. The van der Waals surface area contributed by atoms with Crippen LogP contribution in [0.4, 0.5) is 0 Å². The maximum absolute atomic E-state index is 11.6. The van der Waals surface area contributed by atoms with Gasteiger partial charge in [0.05, 0.1) is 17.8 Å². The molecule has 9 atom stereocenters. The third kappa shape index (κ3) is 3.61. The summed E-state index contributed by atoms with van der Waals surface area (Å²) in [7, 11) is 0. The van der Waals surface area contributed by atoms with Crippen molar-refractivity contribution >= 4 is 0 Å². The fourth-order valence-corrected chi connectivity index (χ4v) is 8.80. The summed E-state index contributed by atoms with van der Waals surface area (Å²) in [6, 6.07) is 0. The first-order valence-electron chi connectivity index (χ1n) is 12.8. The van der Waals surface area contributed by atoms with Gasteiger partial charge in [-0.25, -0.2) is 0 Å². The molecule has 0 aromatic rings. The molecule has 0 heterocycles.